The second kappa shape index (κ2) is 31.2. The molecule has 25 nitrogen and oxygen atoms in total. The van der Waals surface area contributed by atoms with Crippen LogP contribution in [0.15, 0.2) is 174 Å². The van der Waals surface area contributed by atoms with Crippen molar-refractivity contribution in [3.63, 3.8) is 0 Å². The summed E-state index contributed by atoms with van der Waals surface area (Å²) in [6.45, 7) is 9.20. The van der Waals surface area contributed by atoms with Gasteiger partial charge in [0, 0.05) is 38.3 Å². The number of methoxy groups -OCH3 is 3. The predicted octanol–water partition coefficient (Wildman–Crippen LogP) is 9.77. The highest BCUT2D eigenvalue weighted by Crippen LogP contribution is 2.44. The van der Waals surface area contributed by atoms with E-state index in [0.29, 0.717) is 45.2 Å². The van der Waals surface area contributed by atoms with Crippen molar-refractivity contribution in [3.05, 3.63) is 192 Å². The summed E-state index contributed by atoms with van der Waals surface area (Å²) in [7, 11) is -5.87. The summed E-state index contributed by atoms with van der Waals surface area (Å²) < 4.78 is 109. The van der Waals surface area contributed by atoms with Crippen LogP contribution in [0.5, 0.6) is 17.2 Å². The molecule has 96 heavy (non-hydrogen) atoms. The molecular formula is C69H81N11O14S2. The van der Waals surface area contributed by atoms with Gasteiger partial charge in [-0.3, -0.25) is 0 Å². The zero-order valence-electron chi connectivity index (χ0n) is 55.0. The smallest absolute Gasteiger partial charge is 0.410 e. The van der Waals surface area contributed by atoms with Crippen LogP contribution in [0.1, 0.15) is 69.4 Å². The molecule has 6 N–H and O–H groups in total. The molecule has 0 bridgehead atoms. The molecule has 2 heterocycles. The van der Waals surface area contributed by atoms with Crippen LogP contribution >= 0.6 is 0 Å². The number of hydrogen-bond acceptors (Lipinski definition) is 19. The molecule has 0 aliphatic carbocycles. The molecule has 9 rings (SSSR count). The fourth-order valence-corrected chi connectivity index (χ4v) is 14.1. The Morgan fingerprint density at radius 1 is 0.625 bits per heavy atom. The van der Waals surface area contributed by atoms with E-state index in [1.807, 2.05) is 36.4 Å². The average Bonchev–Trinajstić information content (AvgIpc) is 1.02. The van der Waals surface area contributed by atoms with E-state index in [1.165, 1.54) is 37.1 Å². The van der Waals surface area contributed by atoms with E-state index < -0.39 is 77.4 Å². The molecule has 1 aromatic heterocycles. The Hall–Kier alpha value is -9.80. The Bertz CT molecular complexity index is 4130. The van der Waals surface area contributed by atoms with Gasteiger partial charge in [-0.05, 0) is 129 Å². The first-order valence-corrected chi connectivity index (χ1v) is 33.8. The summed E-state index contributed by atoms with van der Waals surface area (Å²) >= 11 is 0. The Kier molecular flexibility index (Phi) is 22.9. The van der Waals surface area contributed by atoms with Gasteiger partial charge >= 0.3 is 18.3 Å². The molecule has 0 unspecified atom stereocenters. The van der Waals surface area contributed by atoms with Crippen LogP contribution in [0.2, 0.25) is 0 Å². The van der Waals surface area contributed by atoms with Gasteiger partial charge in [-0.1, -0.05) is 115 Å². The van der Waals surface area contributed by atoms with Crippen LogP contribution < -0.4 is 40.6 Å². The lowest BCUT2D eigenvalue weighted by Crippen LogP contribution is -2.51. The first kappa shape index (κ1) is 70.5. The zero-order valence-corrected chi connectivity index (χ0v) is 56.6. The number of benzene rings is 7. The van der Waals surface area contributed by atoms with Gasteiger partial charge in [-0.25, -0.2) is 35.9 Å². The van der Waals surface area contributed by atoms with Crippen LogP contribution in [-0.4, -0.2) is 141 Å². The third-order valence-corrected chi connectivity index (χ3v) is 18.6. The summed E-state index contributed by atoms with van der Waals surface area (Å²) in [6.07, 6.45) is -2.42. The molecule has 0 radical (unpaired) electrons. The summed E-state index contributed by atoms with van der Waals surface area (Å²) in [6, 6.07) is 43.3. The number of amides is 3. The van der Waals surface area contributed by atoms with Crippen LogP contribution in [-0.2, 0) is 71.8 Å². The van der Waals surface area contributed by atoms with E-state index in [4.69, 9.17) is 44.0 Å². The third-order valence-electron chi connectivity index (χ3n) is 15.1. The number of nitrogen functional groups attached to an aromatic ring is 1. The third kappa shape index (κ3) is 19.0. The highest BCUT2D eigenvalue weighted by molar-refractivity contribution is 7.92. The monoisotopic (exact) mass is 1350 g/mol. The van der Waals surface area contributed by atoms with E-state index in [0.717, 1.165) is 15.9 Å². The van der Waals surface area contributed by atoms with Gasteiger partial charge < -0.3 is 59.7 Å². The summed E-state index contributed by atoms with van der Waals surface area (Å²) in [5, 5.41) is 22.7. The van der Waals surface area contributed by atoms with Crippen molar-refractivity contribution in [2.24, 2.45) is 0 Å². The number of nitrogens with two attached hydrogens (primary N) is 1. The fourth-order valence-electron chi connectivity index (χ4n) is 10.4. The van der Waals surface area contributed by atoms with Crippen molar-refractivity contribution in [1.29, 1.82) is 0 Å². The van der Waals surface area contributed by atoms with Crippen LogP contribution in [0.4, 0.5) is 25.8 Å². The van der Waals surface area contributed by atoms with Crippen molar-refractivity contribution in [1.82, 2.24) is 44.8 Å². The first-order chi connectivity index (χ1) is 45.8. The number of carbonyl (C=O) groups excluding carboxylic acids is 3. The maximum Gasteiger partial charge on any atom is 0.410 e. The van der Waals surface area contributed by atoms with Crippen molar-refractivity contribution in [3.8, 4) is 39.8 Å². The fraction of sp³-hybridized carbons (Fsp3) is 0.333. The number of tetrazole rings is 1. The van der Waals surface area contributed by atoms with Crippen LogP contribution in [0, 0.1) is 0 Å². The van der Waals surface area contributed by atoms with E-state index in [9.17, 15) is 14.4 Å². The number of para-hydroxylation sites is 1. The molecule has 3 atom stereocenters. The predicted molar refractivity (Wildman–Crippen MR) is 361 cm³/mol. The van der Waals surface area contributed by atoms with Crippen molar-refractivity contribution >= 4 is 49.7 Å². The highest BCUT2D eigenvalue weighted by Gasteiger charge is 2.44. The van der Waals surface area contributed by atoms with E-state index in [2.05, 4.69) is 31.0 Å². The molecule has 7 aromatic carbocycles. The van der Waals surface area contributed by atoms with Crippen LogP contribution in [0.3, 0.4) is 0 Å². The molecule has 508 valence electrons. The Morgan fingerprint density at radius 2 is 1.18 bits per heavy atom. The van der Waals surface area contributed by atoms with Gasteiger partial charge in [-0.15, -0.1) is 10.2 Å². The van der Waals surface area contributed by atoms with Crippen molar-refractivity contribution < 1.29 is 64.4 Å². The Labute approximate surface area is 559 Å². The molecular weight excluding hydrogens is 1270 g/mol. The van der Waals surface area contributed by atoms with Crippen LogP contribution in [0.25, 0.3) is 22.5 Å². The summed E-state index contributed by atoms with van der Waals surface area (Å²) in [5.74, 6) is 1.26. The molecule has 0 spiro atoms. The Balaban J connectivity index is 1.22. The molecule has 1 aliphatic heterocycles. The SMILES string of the molecule is COc1ccc(CN(Cc2ccc(OC)cc2)S(=O)(=O)c2c(S(=O)(=O)N[C@@H]3CN(C(=O)OC(C)(C)C)C[C@H]3NC(=O)OCc3ccccc3)ccc(-c3cccc(NC[C@H](COCc4ccccc4)NC(=O)OC(C)(C)C)c3N)c2-c2nnn(Cc3ccc(OC)cc3)n2)cc1. The van der Waals surface area contributed by atoms with Gasteiger partial charge in [0.25, 0.3) is 0 Å². The largest absolute Gasteiger partial charge is 0.497 e. The number of hydrogen-bond donors (Lipinski definition) is 5. The molecule has 3 amide bonds. The average molecular weight is 1350 g/mol. The number of nitrogens with one attached hydrogen (secondary N) is 4. The normalized spacial score (nSPS) is 14.5. The van der Waals surface area contributed by atoms with Gasteiger partial charge in [0.2, 0.25) is 25.9 Å². The maximum atomic E-state index is 16.8. The number of anilines is 2. The lowest BCUT2D eigenvalue weighted by atomic mass is 9.97. The lowest BCUT2D eigenvalue weighted by molar-refractivity contribution is 0.0287. The molecule has 1 aliphatic rings. The number of nitrogens with zero attached hydrogens (tertiary/aromatic N) is 6. The number of ether oxygens (including phenoxy) is 7. The number of carbonyl (C=O) groups is 3. The number of aromatic nitrogens is 4. The number of sulfonamides is 2. The summed E-state index contributed by atoms with van der Waals surface area (Å²) in [5.41, 5.74) is 9.06. The quantitative estimate of drug-likeness (QED) is 0.0236. The minimum Gasteiger partial charge on any atom is -0.497 e. The number of likely N-dealkylation sites (tertiary alicyclic amines) is 1. The topological polar surface area (TPSA) is 308 Å². The second-order valence-corrected chi connectivity index (χ2v) is 28.3. The van der Waals surface area contributed by atoms with Crippen molar-refractivity contribution in [2.75, 3.05) is 58.6 Å². The minimum atomic E-state index is -5.23. The van der Waals surface area contributed by atoms with E-state index >= 15 is 16.8 Å². The number of rotatable bonds is 27. The second-order valence-electron chi connectivity index (χ2n) is 24.7. The lowest BCUT2D eigenvalue weighted by Gasteiger charge is -2.27. The minimum absolute atomic E-state index is 0.0160. The molecule has 1 saturated heterocycles. The zero-order chi connectivity index (χ0) is 68.8. The maximum absolute atomic E-state index is 16.8. The van der Waals surface area contributed by atoms with Gasteiger partial charge in [0.15, 0.2) is 0 Å². The van der Waals surface area contributed by atoms with Gasteiger partial charge in [-0.2, -0.15) is 9.10 Å². The summed E-state index contributed by atoms with van der Waals surface area (Å²) in [4.78, 5) is 41.8. The van der Waals surface area contributed by atoms with Gasteiger partial charge in [0.05, 0.1) is 76.2 Å². The highest BCUT2D eigenvalue weighted by atomic mass is 32.2. The first-order valence-electron chi connectivity index (χ1n) is 30.8. The van der Waals surface area contributed by atoms with E-state index in [1.54, 1.807) is 157 Å². The van der Waals surface area contributed by atoms with Gasteiger partial charge in [0.1, 0.15) is 44.8 Å². The molecule has 0 saturated carbocycles. The molecule has 8 aromatic rings. The Morgan fingerprint density at radius 3 is 1.74 bits per heavy atom. The number of alkyl carbamates (subject to hydrolysis) is 2. The molecule has 1 fully saturated rings. The standard InChI is InChI=1S/C69H81N11O14S2/c1-68(2,3)93-66(82)72-51(45-91-43-49-17-12-10-13-18-49)37-71-57-22-16-21-56(62(57)70)55-35-36-60(95(84,85)76-59-42-78(67(83)94-69(4,5)6)41-58(59)73-65(81)92-44-50-19-14-11-15-20-50)63(61(55)64-74-77-80(75-64)40-48-27-33-54(90-9)34-28-48)96(86,87)79(38-46-23-29-52(88-7)30-24-46)39-47-25-31-53(89-8)32-26-47/h10-36,51,58-59,71,76H,37-45,70H2,1-9H3,(H,72,82)(H,73,81)/t51-,58-,59-/m1/s1. The van der Waals surface area contributed by atoms with E-state index in [-0.39, 0.29) is 87.3 Å². The van der Waals surface area contributed by atoms with Crippen molar-refractivity contribution in [2.45, 2.75) is 114 Å². The molecule has 27 heteroatoms.